The lowest BCUT2D eigenvalue weighted by Crippen LogP contribution is -2.57. The molecule has 0 saturated carbocycles. The summed E-state index contributed by atoms with van der Waals surface area (Å²) in [5.74, 6) is 0.417. The summed E-state index contributed by atoms with van der Waals surface area (Å²) in [5.41, 5.74) is 0.735. The number of thiophene rings is 1. The van der Waals surface area contributed by atoms with Crippen LogP contribution in [0.4, 0.5) is 23.2 Å². The van der Waals surface area contributed by atoms with Gasteiger partial charge in [0.15, 0.2) is 0 Å². The molecule has 1 aliphatic heterocycles. The average Bonchev–Trinajstić information content (AvgIpc) is 3.40. The summed E-state index contributed by atoms with van der Waals surface area (Å²) >= 11 is 1.18. The molecule has 4 atom stereocenters. The van der Waals surface area contributed by atoms with Gasteiger partial charge in [-0.3, -0.25) is 4.90 Å². The van der Waals surface area contributed by atoms with Crippen molar-refractivity contribution < 1.29 is 22.1 Å². The van der Waals surface area contributed by atoms with Crippen molar-refractivity contribution in [2.24, 2.45) is 0 Å². The normalized spacial score (nSPS) is 23.8. The van der Waals surface area contributed by atoms with Crippen LogP contribution in [0.15, 0.2) is 22.7 Å². The van der Waals surface area contributed by atoms with Crippen LogP contribution in [0.2, 0.25) is 0 Å². The quantitative estimate of drug-likeness (QED) is 0.372. The number of likely N-dealkylation sites (tertiary alicyclic amines) is 1. The molecule has 1 aromatic carbocycles. The van der Waals surface area contributed by atoms with Crippen LogP contribution in [0.1, 0.15) is 44.6 Å². The summed E-state index contributed by atoms with van der Waals surface area (Å²) < 4.78 is 62.0. The maximum absolute atomic E-state index is 15.5. The zero-order valence-corrected chi connectivity index (χ0v) is 21.1. The number of alkyl halides is 4. The molecule has 11 heteroatoms. The Morgan fingerprint density at radius 1 is 1.23 bits per heavy atom. The van der Waals surface area contributed by atoms with Gasteiger partial charge in [0.25, 0.3) is 0 Å². The summed E-state index contributed by atoms with van der Waals surface area (Å²) in [5, 5.41) is 10.6. The molecule has 3 heterocycles. The van der Waals surface area contributed by atoms with Crippen molar-refractivity contribution in [3.05, 3.63) is 29.7 Å². The van der Waals surface area contributed by atoms with Gasteiger partial charge in [0.05, 0.1) is 34.3 Å². The van der Waals surface area contributed by atoms with E-state index in [1.165, 1.54) is 11.3 Å². The van der Waals surface area contributed by atoms with Crippen LogP contribution < -0.4 is 10.6 Å². The Bertz CT molecular complexity index is 1150. The smallest absolute Gasteiger partial charge is 0.378 e. The van der Waals surface area contributed by atoms with Gasteiger partial charge in [0, 0.05) is 12.1 Å². The molecule has 192 valence electrons. The van der Waals surface area contributed by atoms with E-state index in [2.05, 4.69) is 32.6 Å². The van der Waals surface area contributed by atoms with Crippen LogP contribution >= 0.6 is 11.3 Å². The Balaban J connectivity index is 1.75. The Kier molecular flexibility index (Phi) is 7.68. The summed E-state index contributed by atoms with van der Waals surface area (Å²) in [6.07, 6.45) is -4.43. The van der Waals surface area contributed by atoms with E-state index in [-0.39, 0.29) is 23.5 Å². The molecular weight excluding hydrogens is 482 g/mol. The van der Waals surface area contributed by atoms with Gasteiger partial charge >= 0.3 is 6.18 Å². The molecule has 1 fully saturated rings. The number of benzene rings is 1. The predicted octanol–water partition coefficient (Wildman–Crippen LogP) is 5.79. The van der Waals surface area contributed by atoms with Crippen molar-refractivity contribution in [1.82, 2.24) is 20.4 Å². The topological polar surface area (TPSA) is 66.2 Å². The number of aromatic nitrogens is 2. The monoisotopic (exact) mass is 513 g/mol. The lowest BCUT2D eigenvalue weighted by molar-refractivity contribution is -0.126. The predicted molar refractivity (Wildman–Crippen MR) is 130 cm³/mol. The molecule has 0 spiro atoms. The van der Waals surface area contributed by atoms with E-state index in [1.54, 1.807) is 25.2 Å². The molecule has 1 aliphatic rings. The van der Waals surface area contributed by atoms with E-state index >= 15 is 4.39 Å². The highest BCUT2D eigenvalue weighted by molar-refractivity contribution is 7.23. The second kappa shape index (κ2) is 10.4. The van der Waals surface area contributed by atoms with Crippen LogP contribution in [-0.4, -0.2) is 59.6 Å². The largest absolute Gasteiger partial charge is 0.393 e. The second-order valence-corrected chi connectivity index (χ2v) is 10.1. The van der Waals surface area contributed by atoms with Crippen molar-refractivity contribution in [2.45, 2.75) is 76.5 Å². The molecule has 6 nitrogen and oxygen atoms in total. The third-order valence-electron chi connectivity index (χ3n) is 6.80. The number of piperidine rings is 1. The van der Waals surface area contributed by atoms with Gasteiger partial charge in [0.1, 0.15) is 6.17 Å². The molecule has 3 aromatic rings. The van der Waals surface area contributed by atoms with Crippen LogP contribution in [0, 0.1) is 0 Å². The minimum Gasteiger partial charge on any atom is -0.378 e. The van der Waals surface area contributed by atoms with Gasteiger partial charge < -0.3 is 15.2 Å². The first-order chi connectivity index (χ1) is 16.7. The number of hydrogen-bond acceptors (Lipinski definition) is 7. The van der Waals surface area contributed by atoms with Gasteiger partial charge in [-0.25, -0.2) is 4.39 Å². The maximum atomic E-state index is 15.5. The molecule has 4 unspecified atom stereocenters. The summed E-state index contributed by atoms with van der Waals surface area (Å²) in [6, 6.07) is 4.76. The molecule has 0 amide bonds. The molecule has 2 aromatic heterocycles. The van der Waals surface area contributed by atoms with Gasteiger partial charge in [-0.1, -0.05) is 31.1 Å². The first-order valence-electron chi connectivity index (χ1n) is 11.9. The second-order valence-electron chi connectivity index (χ2n) is 9.06. The minimum absolute atomic E-state index is 0.107. The van der Waals surface area contributed by atoms with Crippen molar-refractivity contribution in [3.8, 4) is 10.7 Å². The van der Waals surface area contributed by atoms with Gasteiger partial charge in [0.2, 0.25) is 11.7 Å². The molecule has 2 N–H and O–H groups in total. The van der Waals surface area contributed by atoms with Crippen LogP contribution in [0.25, 0.3) is 20.8 Å². The fraction of sp³-hybridized carbons (Fsp3) is 0.583. The van der Waals surface area contributed by atoms with Crippen molar-refractivity contribution >= 4 is 27.1 Å². The van der Waals surface area contributed by atoms with Gasteiger partial charge in [-0.05, 0) is 50.4 Å². The van der Waals surface area contributed by atoms with E-state index in [0.717, 1.165) is 6.42 Å². The number of nitrogens with one attached hydrogen (secondary N) is 2. The Hall–Kier alpha value is -2.24. The highest BCUT2D eigenvalue weighted by Gasteiger charge is 2.40. The molecule has 0 aliphatic carbocycles. The van der Waals surface area contributed by atoms with E-state index in [0.29, 0.717) is 45.9 Å². The van der Waals surface area contributed by atoms with Crippen LogP contribution in [0.3, 0.4) is 0 Å². The highest BCUT2D eigenvalue weighted by atomic mass is 32.1. The van der Waals surface area contributed by atoms with E-state index in [9.17, 15) is 13.2 Å². The summed E-state index contributed by atoms with van der Waals surface area (Å²) in [7, 11) is 3.68. The van der Waals surface area contributed by atoms with Gasteiger partial charge in [-0.15, -0.1) is 11.3 Å². The summed E-state index contributed by atoms with van der Waals surface area (Å²) in [4.78, 5) is 6.71. The Labute approximate surface area is 206 Å². The number of nitrogens with zero attached hydrogens (tertiary/aromatic N) is 3. The fourth-order valence-electron chi connectivity index (χ4n) is 5.07. The van der Waals surface area contributed by atoms with Gasteiger partial charge in [-0.2, -0.15) is 18.2 Å². The Morgan fingerprint density at radius 3 is 2.66 bits per heavy atom. The number of fused-ring (bicyclic) bond motifs is 1. The summed E-state index contributed by atoms with van der Waals surface area (Å²) in [6.45, 7) is 4.38. The van der Waals surface area contributed by atoms with Crippen molar-refractivity contribution in [3.63, 3.8) is 0 Å². The average molecular weight is 514 g/mol. The minimum atomic E-state index is -4.41. The number of hydrogen-bond donors (Lipinski definition) is 2. The Morgan fingerprint density at radius 2 is 2.00 bits per heavy atom. The van der Waals surface area contributed by atoms with Crippen LogP contribution in [-0.2, 0) is 13.0 Å². The molecule has 4 rings (SSSR count). The lowest BCUT2D eigenvalue weighted by atomic mass is 9.87. The maximum Gasteiger partial charge on any atom is 0.393 e. The van der Waals surface area contributed by atoms with E-state index in [4.69, 9.17) is 4.52 Å². The molecular formula is C24H31F4N5OS. The van der Waals surface area contributed by atoms with Crippen LogP contribution in [0.5, 0.6) is 0 Å². The zero-order valence-electron chi connectivity index (χ0n) is 20.2. The first kappa shape index (κ1) is 25.8. The third kappa shape index (κ3) is 5.31. The lowest BCUT2D eigenvalue weighted by Gasteiger charge is -2.45. The third-order valence-corrected chi connectivity index (χ3v) is 8.08. The van der Waals surface area contributed by atoms with E-state index in [1.807, 2.05) is 14.0 Å². The first-order valence-corrected chi connectivity index (χ1v) is 12.7. The molecule has 0 bridgehead atoms. The molecule has 35 heavy (non-hydrogen) atoms. The standard InChI is InChI=1S/C24H31F4N5OS/c1-5-13-10-17(20(25)18(6-2)33(13)4)30-16-9-7-8-14-15(11-24(26,27)28)22(35-21(14)16)23-31-19(12-29-3)34-32-23/h7-9,13,17-18,20,29-30H,5-6,10-12H2,1-4H3. The number of rotatable bonds is 8. The molecule has 1 saturated heterocycles. The molecule has 0 radical (unpaired) electrons. The van der Waals surface area contributed by atoms with Crippen molar-refractivity contribution in [1.29, 1.82) is 0 Å². The fourth-order valence-corrected chi connectivity index (χ4v) is 6.29. The zero-order chi connectivity index (χ0) is 25.3. The number of halogens is 4. The SMILES string of the molecule is CCC1CC(Nc2cccc3c(CC(F)(F)F)c(-c4noc(CNC)n4)sc23)C(F)C(CC)N1C. The van der Waals surface area contributed by atoms with E-state index < -0.39 is 24.8 Å². The van der Waals surface area contributed by atoms with Crippen molar-refractivity contribution in [2.75, 3.05) is 19.4 Å². The number of anilines is 1. The highest BCUT2D eigenvalue weighted by Crippen LogP contribution is 2.44.